The second kappa shape index (κ2) is 6.36. The smallest absolute Gasteiger partial charge is 0.241 e. The molecule has 1 aliphatic rings. The maximum atomic E-state index is 12.3. The zero-order valence-electron chi connectivity index (χ0n) is 11.7. The summed E-state index contributed by atoms with van der Waals surface area (Å²) in [6.07, 6.45) is 1.13. The highest BCUT2D eigenvalue weighted by Crippen LogP contribution is 2.21. The summed E-state index contributed by atoms with van der Waals surface area (Å²) < 4.78 is 5.40. The number of nitrogens with one attached hydrogen (secondary N) is 1. The first-order valence-corrected chi connectivity index (χ1v) is 6.68. The Kier molecular flexibility index (Phi) is 5.40. The SMILES string of the molecule is CCOCC(C)N1C(=O)C(C(C)CC)NC1C. The van der Waals surface area contributed by atoms with Crippen molar-refractivity contribution in [1.82, 2.24) is 10.2 Å². The molecular formula is C13H26N2O2. The number of rotatable bonds is 6. The highest BCUT2D eigenvalue weighted by Gasteiger charge is 2.40. The van der Waals surface area contributed by atoms with Crippen LogP contribution in [0.25, 0.3) is 0 Å². The maximum Gasteiger partial charge on any atom is 0.241 e. The van der Waals surface area contributed by atoms with Gasteiger partial charge in [-0.05, 0) is 26.7 Å². The molecule has 0 spiro atoms. The monoisotopic (exact) mass is 242 g/mol. The van der Waals surface area contributed by atoms with Crippen molar-refractivity contribution in [2.75, 3.05) is 13.2 Å². The van der Waals surface area contributed by atoms with E-state index in [1.807, 2.05) is 25.7 Å². The van der Waals surface area contributed by atoms with E-state index in [4.69, 9.17) is 4.74 Å². The highest BCUT2D eigenvalue weighted by atomic mass is 16.5. The summed E-state index contributed by atoms with van der Waals surface area (Å²) >= 11 is 0. The molecule has 0 aliphatic carbocycles. The number of hydrogen-bond acceptors (Lipinski definition) is 3. The lowest BCUT2D eigenvalue weighted by molar-refractivity contribution is -0.133. The fourth-order valence-corrected chi connectivity index (χ4v) is 2.37. The van der Waals surface area contributed by atoms with Crippen molar-refractivity contribution in [3.63, 3.8) is 0 Å². The molecule has 0 aromatic rings. The Morgan fingerprint density at radius 2 is 2.06 bits per heavy atom. The van der Waals surface area contributed by atoms with Gasteiger partial charge in [0.15, 0.2) is 0 Å². The zero-order valence-corrected chi connectivity index (χ0v) is 11.7. The van der Waals surface area contributed by atoms with Crippen LogP contribution in [-0.2, 0) is 9.53 Å². The number of hydrogen-bond donors (Lipinski definition) is 1. The molecule has 1 aliphatic heterocycles. The molecule has 1 amide bonds. The molecule has 1 rings (SSSR count). The predicted molar refractivity (Wildman–Crippen MR) is 68.6 cm³/mol. The molecule has 0 aromatic heterocycles. The van der Waals surface area contributed by atoms with Crippen LogP contribution in [0.2, 0.25) is 0 Å². The minimum atomic E-state index is -0.0286. The fourth-order valence-electron chi connectivity index (χ4n) is 2.37. The summed E-state index contributed by atoms with van der Waals surface area (Å²) in [7, 11) is 0. The molecule has 4 atom stereocenters. The lowest BCUT2D eigenvalue weighted by atomic mass is 9.99. The fraction of sp³-hybridized carbons (Fsp3) is 0.923. The van der Waals surface area contributed by atoms with Crippen molar-refractivity contribution in [3.8, 4) is 0 Å². The molecule has 17 heavy (non-hydrogen) atoms. The molecule has 4 unspecified atom stereocenters. The topological polar surface area (TPSA) is 41.6 Å². The number of nitrogens with zero attached hydrogens (tertiary/aromatic N) is 1. The number of carbonyl (C=O) groups is 1. The number of amides is 1. The molecule has 0 bridgehead atoms. The van der Waals surface area contributed by atoms with Gasteiger partial charge in [-0.2, -0.15) is 0 Å². The minimum absolute atomic E-state index is 0.0286. The Balaban J connectivity index is 2.64. The van der Waals surface area contributed by atoms with Crippen LogP contribution in [0.4, 0.5) is 0 Å². The van der Waals surface area contributed by atoms with Crippen molar-refractivity contribution in [1.29, 1.82) is 0 Å². The van der Waals surface area contributed by atoms with Gasteiger partial charge in [0.05, 0.1) is 24.9 Å². The average molecular weight is 242 g/mol. The summed E-state index contributed by atoms with van der Waals surface area (Å²) in [6.45, 7) is 11.6. The Morgan fingerprint density at radius 3 is 2.59 bits per heavy atom. The lowest BCUT2D eigenvalue weighted by Crippen LogP contribution is -2.44. The van der Waals surface area contributed by atoms with Crippen LogP contribution in [0.3, 0.4) is 0 Å². The van der Waals surface area contributed by atoms with E-state index in [2.05, 4.69) is 19.2 Å². The van der Waals surface area contributed by atoms with E-state index in [0.29, 0.717) is 19.1 Å². The Morgan fingerprint density at radius 1 is 1.41 bits per heavy atom. The van der Waals surface area contributed by atoms with Gasteiger partial charge >= 0.3 is 0 Å². The van der Waals surface area contributed by atoms with Gasteiger partial charge in [0.1, 0.15) is 0 Å². The molecule has 100 valence electrons. The number of ether oxygens (including phenoxy) is 1. The third-order valence-corrected chi connectivity index (χ3v) is 3.61. The molecule has 1 fully saturated rings. The van der Waals surface area contributed by atoms with Crippen LogP contribution >= 0.6 is 0 Å². The Bertz CT molecular complexity index is 258. The normalized spacial score (nSPS) is 28.5. The van der Waals surface area contributed by atoms with Crippen molar-refractivity contribution in [2.24, 2.45) is 5.92 Å². The van der Waals surface area contributed by atoms with E-state index >= 15 is 0 Å². The first-order valence-electron chi connectivity index (χ1n) is 6.68. The molecule has 1 N–H and O–H groups in total. The molecular weight excluding hydrogens is 216 g/mol. The number of carbonyl (C=O) groups excluding carboxylic acids is 1. The molecule has 1 heterocycles. The van der Waals surface area contributed by atoms with Crippen molar-refractivity contribution in [3.05, 3.63) is 0 Å². The molecule has 4 heteroatoms. The van der Waals surface area contributed by atoms with Crippen LogP contribution < -0.4 is 5.32 Å². The van der Waals surface area contributed by atoms with Crippen LogP contribution in [-0.4, -0.2) is 42.3 Å². The van der Waals surface area contributed by atoms with E-state index in [1.165, 1.54) is 0 Å². The summed E-state index contributed by atoms with van der Waals surface area (Å²) in [4.78, 5) is 14.3. The van der Waals surface area contributed by atoms with E-state index in [-0.39, 0.29) is 24.2 Å². The van der Waals surface area contributed by atoms with E-state index in [9.17, 15) is 4.79 Å². The Hall–Kier alpha value is -0.610. The predicted octanol–water partition coefficient (Wildman–Crippen LogP) is 1.60. The molecule has 0 radical (unpaired) electrons. The van der Waals surface area contributed by atoms with Gasteiger partial charge in [0.25, 0.3) is 0 Å². The highest BCUT2D eigenvalue weighted by molar-refractivity contribution is 5.84. The van der Waals surface area contributed by atoms with Gasteiger partial charge in [-0.1, -0.05) is 20.3 Å². The van der Waals surface area contributed by atoms with Gasteiger partial charge in [-0.3, -0.25) is 10.1 Å². The van der Waals surface area contributed by atoms with Gasteiger partial charge in [-0.15, -0.1) is 0 Å². The first kappa shape index (κ1) is 14.5. The maximum absolute atomic E-state index is 12.3. The lowest BCUT2D eigenvalue weighted by Gasteiger charge is -2.28. The quantitative estimate of drug-likeness (QED) is 0.769. The van der Waals surface area contributed by atoms with Gasteiger partial charge in [0, 0.05) is 6.61 Å². The summed E-state index contributed by atoms with van der Waals surface area (Å²) in [5.41, 5.74) is 0. The van der Waals surface area contributed by atoms with Crippen LogP contribution in [0.15, 0.2) is 0 Å². The van der Waals surface area contributed by atoms with Gasteiger partial charge < -0.3 is 9.64 Å². The summed E-state index contributed by atoms with van der Waals surface area (Å²) in [6, 6.07) is 0.109. The molecule has 1 saturated heterocycles. The minimum Gasteiger partial charge on any atom is -0.380 e. The van der Waals surface area contributed by atoms with Gasteiger partial charge in [-0.25, -0.2) is 0 Å². The van der Waals surface area contributed by atoms with Gasteiger partial charge in [0.2, 0.25) is 5.91 Å². The third-order valence-electron chi connectivity index (χ3n) is 3.61. The standard InChI is InChI=1S/C13H26N2O2/c1-6-9(3)12-13(16)15(11(5)14-12)10(4)8-17-7-2/h9-12,14H,6-8H2,1-5H3. The van der Waals surface area contributed by atoms with E-state index < -0.39 is 0 Å². The largest absolute Gasteiger partial charge is 0.380 e. The van der Waals surface area contributed by atoms with Crippen molar-refractivity contribution >= 4 is 5.91 Å². The summed E-state index contributed by atoms with van der Waals surface area (Å²) in [5.74, 6) is 0.605. The second-order valence-corrected chi connectivity index (χ2v) is 4.96. The zero-order chi connectivity index (χ0) is 13.0. The molecule has 0 aromatic carbocycles. The average Bonchev–Trinajstić information content (AvgIpc) is 2.61. The molecule has 0 saturated carbocycles. The van der Waals surface area contributed by atoms with Crippen LogP contribution in [0, 0.1) is 5.92 Å². The first-order chi connectivity index (χ1) is 8.02. The van der Waals surface area contributed by atoms with Crippen molar-refractivity contribution < 1.29 is 9.53 Å². The second-order valence-electron chi connectivity index (χ2n) is 4.96. The van der Waals surface area contributed by atoms with E-state index in [0.717, 1.165) is 6.42 Å². The van der Waals surface area contributed by atoms with Crippen molar-refractivity contribution in [2.45, 2.75) is 59.3 Å². The summed E-state index contributed by atoms with van der Waals surface area (Å²) in [5, 5.41) is 3.38. The van der Waals surface area contributed by atoms with E-state index in [1.54, 1.807) is 0 Å². The van der Waals surface area contributed by atoms with Crippen LogP contribution in [0.1, 0.15) is 41.0 Å². The Labute approximate surface area is 105 Å². The van der Waals surface area contributed by atoms with Crippen LogP contribution in [0.5, 0.6) is 0 Å². The third kappa shape index (κ3) is 3.19. The molecule has 4 nitrogen and oxygen atoms in total.